The van der Waals surface area contributed by atoms with Crippen molar-refractivity contribution < 1.29 is 4.79 Å². The summed E-state index contributed by atoms with van der Waals surface area (Å²) >= 11 is 7.87. The fourth-order valence-electron chi connectivity index (χ4n) is 3.14. The number of H-pyrrole nitrogens is 1. The molecule has 1 N–H and O–H groups in total. The maximum atomic E-state index is 12.7. The summed E-state index contributed by atoms with van der Waals surface area (Å²) in [6.45, 7) is 2.77. The van der Waals surface area contributed by atoms with Crippen LogP contribution in [0.5, 0.6) is 0 Å². The number of piperidine rings is 1. The number of aromatic nitrogens is 2. The summed E-state index contributed by atoms with van der Waals surface area (Å²) in [5, 5.41) is 0.670. The van der Waals surface area contributed by atoms with Gasteiger partial charge in [0.15, 0.2) is 0 Å². The van der Waals surface area contributed by atoms with Gasteiger partial charge < -0.3 is 9.88 Å². The van der Waals surface area contributed by atoms with Gasteiger partial charge in [-0.3, -0.25) is 4.79 Å². The summed E-state index contributed by atoms with van der Waals surface area (Å²) in [4.78, 5) is 22.6. The second-order valence-electron chi connectivity index (χ2n) is 6.08. The first-order valence-corrected chi connectivity index (χ1v) is 9.91. The number of hydrogen-bond acceptors (Lipinski definition) is 3. The third kappa shape index (κ3) is 3.47. The predicted molar refractivity (Wildman–Crippen MR) is 100 cm³/mol. The molecule has 1 aliphatic heterocycles. The van der Waals surface area contributed by atoms with E-state index >= 15 is 0 Å². The monoisotopic (exact) mass is 363 g/mol. The van der Waals surface area contributed by atoms with Gasteiger partial charge in [0.1, 0.15) is 5.82 Å². The summed E-state index contributed by atoms with van der Waals surface area (Å²) < 4.78 is 0. The number of rotatable bonds is 4. The lowest BCUT2D eigenvalue weighted by molar-refractivity contribution is -0.134. The van der Waals surface area contributed by atoms with Crippen molar-refractivity contribution in [1.29, 1.82) is 0 Å². The lowest BCUT2D eigenvalue weighted by Crippen LogP contribution is -2.42. The zero-order valence-electron chi connectivity index (χ0n) is 14.0. The van der Waals surface area contributed by atoms with Crippen LogP contribution >= 0.6 is 23.4 Å². The van der Waals surface area contributed by atoms with Gasteiger partial charge in [-0.05, 0) is 38.5 Å². The van der Waals surface area contributed by atoms with Crippen molar-refractivity contribution >= 4 is 29.3 Å². The molecule has 0 aliphatic carbocycles. The summed E-state index contributed by atoms with van der Waals surface area (Å²) in [5.41, 5.74) is 1.83. The van der Waals surface area contributed by atoms with Gasteiger partial charge in [-0.2, -0.15) is 11.8 Å². The number of aromatic amines is 1. The summed E-state index contributed by atoms with van der Waals surface area (Å²) in [6.07, 6.45) is 6.91. The van der Waals surface area contributed by atoms with Crippen LogP contribution in [0, 0.1) is 0 Å². The maximum Gasteiger partial charge on any atom is 0.236 e. The van der Waals surface area contributed by atoms with Crippen molar-refractivity contribution in [3.05, 3.63) is 41.3 Å². The van der Waals surface area contributed by atoms with Gasteiger partial charge in [-0.15, -0.1) is 0 Å². The Balaban J connectivity index is 1.87. The third-order valence-corrected chi connectivity index (χ3v) is 5.80. The van der Waals surface area contributed by atoms with E-state index in [1.165, 1.54) is 0 Å². The van der Waals surface area contributed by atoms with Crippen LogP contribution in [0.1, 0.15) is 38.1 Å². The standard InChI is InChI=1S/C18H22ClN3OS/c1-12(24-2)18(23)22-10-6-5-9-16(22)17-20-11-15(21-17)13-7-3-4-8-14(13)19/h3-4,7-8,11-12,16H,5-6,9-10H2,1-2H3,(H,20,21). The fourth-order valence-corrected chi connectivity index (χ4v) is 3.71. The molecular formula is C18H22ClN3OS. The van der Waals surface area contributed by atoms with Crippen LogP contribution in [0.25, 0.3) is 11.3 Å². The molecule has 2 atom stereocenters. The zero-order valence-corrected chi connectivity index (χ0v) is 15.5. The molecule has 24 heavy (non-hydrogen) atoms. The lowest BCUT2D eigenvalue weighted by Gasteiger charge is -2.36. The van der Waals surface area contributed by atoms with Crippen LogP contribution in [0.15, 0.2) is 30.5 Å². The maximum absolute atomic E-state index is 12.7. The van der Waals surface area contributed by atoms with Crippen molar-refractivity contribution in [2.24, 2.45) is 0 Å². The molecule has 1 saturated heterocycles. The molecule has 4 nitrogen and oxygen atoms in total. The Morgan fingerprint density at radius 3 is 2.96 bits per heavy atom. The molecule has 0 saturated carbocycles. The molecule has 0 spiro atoms. The van der Waals surface area contributed by atoms with Gasteiger partial charge in [0.2, 0.25) is 5.91 Å². The molecule has 2 unspecified atom stereocenters. The lowest BCUT2D eigenvalue weighted by atomic mass is 10.0. The molecule has 6 heteroatoms. The molecular weight excluding hydrogens is 342 g/mol. The molecule has 2 heterocycles. The highest BCUT2D eigenvalue weighted by molar-refractivity contribution is 7.99. The number of likely N-dealkylation sites (tertiary alicyclic amines) is 1. The van der Waals surface area contributed by atoms with E-state index in [1.54, 1.807) is 11.8 Å². The Hall–Kier alpha value is -1.46. The first-order valence-electron chi connectivity index (χ1n) is 8.25. The van der Waals surface area contributed by atoms with Crippen molar-refractivity contribution in [2.75, 3.05) is 12.8 Å². The molecule has 3 rings (SSSR count). The first kappa shape index (κ1) is 17.4. The van der Waals surface area contributed by atoms with Gasteiger partial charge in [0.05, 0.1) is 23.2 Å². The number of amides is 1. The minimum absolute atomic E-state index is 0.0244. The van der Waals surface area contributed by atoms with Crippen molar-refractivity contribution in [1.82, 2.24) is 14.9 Å². The van der Waals surface area contributed by atoms with E-state index in [4.69, 9.17) is 11.6 Å². The number of carbonyl (C=O) groups is 1. The van der Waals surface area contributed by atoms with Crippen LogP contribution in [-0.2, 0) is 4.79 Å². The summed E-state index contributed by atoms with van der Waals surface area (Å²) in [7, 11) is 0. The second-order valence-corrected chi connectivity index (χ2v) is 7.67. The Labute approximate surface area is 152 Å². The topological polar surface area (TPSA) is 49.0 Å². The van der Waals surface area contributed by atoms with Gasteiger partial charge in [-0.1, -0.05) is 29.8 Å². The number of halogens is 1. The number of thioether (sulfide) groups is 1. The largest absolute Gasteiger partial charge is 0.340 e. The van der Waals surface area contributed by atoms with Crippen LogP contribution in [0.2, 0.25) is 5.02 Å². The smallest absolute Gasteiger partial charge is 0.236 e. The SMILES string of the molecule is CSC(C)C(=O)N1CCCCC1c1ncc(-c2ccccc2Cl)[nH]1. The molecule has 0 radical (unpaired) electrons. The first-order chi connectivity index (χ1) is 11.6. The van der Waals surface area contributed by atoms with Gasteiger partial charge >= 0.3 is 0 Å². The second kappa shape index (κ2) is 7.62. The molecule has 1 aromatic carbocycles. The molecule has 2 aromatic rings. The molecule has 1 aromatic heterocycles. The van der Waals surface area contributed by atoms with Crippen LogP contribution in [0.3, 0.4) is 0 Å². The Kier molecular flexibility index (Phi) is 5.51. The van der Waals surface area contributed by atoms with E-state index in [0.29, 0.717) is 5.02 Å². The van der Waals surface area contributed by atoms with E-state index in [0.717, 1.165) is 42.9 Å². The van der Waals surface area contributed by atoms with E-state index in [1.807, 2.05) is 48.5 Å². The van der Waals surface area contributed by atoms with Gasteiger partial charge in [0.25, 0.3) is 0 Å². The number of nitrogens with one attached hydrogen (secondary N) is 1. The molecule has 0 bridgehead atoms. The third-order valence-electron chi connectivity index (χ3n) is 4.56. The quantitative estimate of drug-likeness (QED) is 0.867. The Morgan fingerprint density at radius 1 is 1.42 bits per heavy atom. The highest BCUT2D eigenvalue weighted by atomic mass is 35.5. The average molecular weight is 364 g/mol. The number of carbonyl (C=O) groups excluding carboxylic acids is 1. The normalized spacial score (nSPS) is 19.3. The Morgan fingerprint density at radius 2 is 2.21 bits per heavy atom. The van der Waals surface area contributed by atoms with Crippen molar-refractivity contribution in [3.63, 3.8) is 0 Å². The zero-order chi connectivity index (χ0) is 17.1. The van der Waals surface area contributed by atoms with Gasteiger partial charge in [0, 0.05) is 17.1 Å². The molecule has 128 valence electrons. The van der Waals surface area contributed by atoms with Crippen LogP contribution in [0.4, 0.5) is 0 Å². The number of imidazole rings is 1. The predicted octanol–water partition coefficient (Wildman–Crippen LogP) is 4.54. The van der Waals surface area contributed by atoms with Crippen LogP contribution in [-0.4, -0.2) is 38.8 Å². The van der Waals surface area contributed by atoms with Crippen molar-refractivity contribution in [3.8, 4) is 11.3 Å². The van der Waals surface area contributed by atoms with E-state index < -0.39 is 0 Å². The molecule has 1 amide bonds. The minimum atomic E-state index is -0.0244. The highest BCUT2D eigenvalue weighted by Crippen LogP contribution is 2.33. The van der Waals surface area contributed by atoms with E-state index in [2.05, 4.69) is 9.97 Å². The minimum Gasteiger partial charge on any atom is -0.340 e. The number of benzene rings is 1. The van der Waals surface area contributed by atoms with Crippen LogP contribution < -0.4 is 0 Å². The molecule has 1 aliphatic rings. The van der Waals surface area contributed by atoms with Gasteiger partial charge in [-0.25, -0.2) is 4.98 Å². The van der Waals surface area contributed by atoms with E-state index in [9.17, 15) is 4.79 Å². The average Bonchev–Trinajstić information content (AvgIpc) is 3.10. The summed E-state index contributed by atoms with van der Waals surface area (Å²) in [6, 6.07) is 7.73. The Bertz CT molecular complexity index is 718. The fraction of sp³-hybridized carbons (Fsp3) is 0.444. The molecule has 1 fully saturated rings. The van der Waals surface area contributed by atoms with Crippen molar-refractivity contribution in [2.45, 2.75) is 37.5 Å². The highest BCUT2D eigenvalue weighted by Gasteiger charge is 2.32. The van der Waals surface area contributed by atoms with E-state index in [-0.39, 0.29) is 17.2 Å². The summed E-state index contributed by atoms with van der Waals surface area (Å²) in [5.74, 6) is 1.05. The number of hydrogen-bond donors (Lipinski definition) is 1. The number of nitrogens with zero attached hydrogens (tertiary/aromatic N) is 2.